The molecule has 31 heavy (non-hydrogen) atoms. The molecule has 0 spiro atoms. The van der Waals surface area contributed by atoms with Crippen molar-refractivity contribution in [3.63, 3.8) is 0 Å². The Morgan fingerprint density at radius 1 is 0.968 bits per heavy atom. The van der Waals surface area contributed by atoms with Crippen LogP contribution in [-0.2, 0) is 16.1 Å². The van der Waals surface area contributed by atoms with Crippen molar-refractivity contribution in [1.82, 2.24) is 0 Å². The van der Waals surface area contributed by atoms with Crippen molar-refractivity contribution in [2.75, 3.05) is 7.11 Å². The molecule has 0 aromatic heterocycles. The summed E-state index contributed by atoms with van der Waals surface area (Å²) in [5.41, 5.74) is 1.71. The first-order chi connectivity index (χ1) is 15.0. The van der Waals surface area contributed by atoms with Crippen LogP contribution in [0, 0.1) is 11.6 Å². The molecule has 0 aliphatic carbocycles. The zero-order chi connectivity index (χ0) is 21.8. The van der Waals surface area contributed by atoms with Gasteiger partial charge in [-0.05, 0) is 59.7 Å². The van der Waals surface area contributed by atoms with Crippen LogP contribution in [0.3, 0.4) is 0 Å². The Kier molecular flexibility index (Phi) is 5.75. The van der Waals surface area contributed by atoms with Crippen molar-refractivity contribution in [2.24, 2.45) is 4.99 Å². The van der Waals surface area contributed by atoms with Crippen molar-refractivity contribution in [1.29, 1.82) is 0 Å². The predicted molar refractivity (Wildman–Crippen MR) is 111 cm³/mol. The molecule has 0 fully saturated rings. The maximum absolute atomic E-state index is 13.4. The molecule has 1 heterocycles. The number of hydrogen-bond donors (Lipinski definition) is 0. The fourth-order valence-corrected chi connectivity index (χ4v) is 3.00. The van der Waals surface area contributed by atoms with E-state index >= 15 is 0 Å². The van der Waals surface area contributed by atoms with Crippen LogP contribution >= 0.6 is 0 Å². The van der Waals surface area contributed by atoms with E-state index in [4.69, 9.17) is 14.2 Å². The van der Waals surface area contributed by atoms with Gasteiger partial charge in [0, 0.05) is 5.56 Å². The number of rotatable bonds is 6. The molecular formula is C24H17F2NO4. The van der Waals surface area contributed by atoms with E-state index in [0.29, 0.717) is 28.2 Å². The van der Waals surface area contributed by atoms with Gasteiger partial charge in [-0.25, -0.2) is 18.6 Å². The van der Waals surface area contributed by atoms with Gasteiger partial charge in [-0.2, -0.15) is 0 Å². The van der Waals surface area contributed by atoms with E-state index in [2.05, 4.69) is 4.99 Å². The highest BCUT2D eigenvalue weighted by atomic mass is 19.1. The smallest absolute Gasteiger partial charge is 0.363 e. The lowest BCUT2D eigenvalue weighted by molar-refractivity contribution is -0.129. The van der Waals surface area contributed by atoms with Gasteiger partial charge in [0.1, 0.15) is 18.2 Å². The molecular weight excluding hydrogens is 404 g/mol. The van der Waals surface area contributed by atoms with E-state index in [1.165, 1.54) is 43.5 Å². The summed E-state index contributed by atoms with van der Waals surface area (Å²) in [5.74, 6) is -0.510. The summed E-state index contributed by atoms with van der Waals surface area (Å²) in [7, 11) is 1.51. The van der Waals surface area contributed by atoms with Crippen molar-refractivity contribution in [3.8, 4) is 11.5 Å². The summed E-state index contributed by atoms with van der Waals surface area (Å²) in [5, 5.41) is 0. The van der Waals surface area contributed by atoms with Gasteiger partial charge < -0.3 is 14.2 Å². The Balaban J connectivity index is 1.58. The number of nitrogens with zero attached hydrogens (tertiary/aromatic N) is 1. The van der Waals surface area contributed by atoms with Crippen molar-refractivity contribution < 1.29 is 27.8 Å². The third-order valence-electron chi connectivity index (χ3n) is 4.47. The molecule has 3 aromatic carbocycles. The molecule has 0 amide bonds. The maximum Gasteiger partial charge on any atom is 0.363 e. The van der Waals surface area contributed by atoms with Gasteiger partial charge in [-0.15, -0.1) is 0 Å². The zero-order valence-corrected chi connectivity index (χ0v) is 16.5. The summed E-state index contributed by atoms with van der Waals surface area (Å²) in [4.78, 5) is 16.4. The number of halogens is 2. The third kappa shape index (κ3) is 4.78. The second-order valence-electron chi connectivity index (χ2n) is 6.68. The van der Waals surface area contributed by atoms with E-state index in [-0.39, 0.29) is 24.0 Å². The lowest BCUT2D eigenvalue weighted by Gasteiger charge is -2.11. The van der Waals surface area contributed by atoms with E-state index in [9.17, 15) is 13.6 Å². The van der Waals surface area contributed by atoms with Crippen molar-refractivity contribution in [3.05, 3.63) is 101 Å². The lowest BCUT2D eigenvalue weighted by Crippen LogP contribution is -2.05. The number of methoxy groups -OCH3 is 1. The number of aliphatic imine (C=N–C) groups is 1. The first-order valence-corrected chi connectivity index (χ1v) is 9.35. The Labute approximate surface area is 177 Å². The second-order valence-corrected chi connectivity index (χ2v) is 6.68. The molecule has 1 aliphatic rings. The van der Waals surface area contributed by atoms with Crippen molar-refractivity contribution in [2.45, 2.75) is 6.61 Å². The summed E-state index contributed by atoms with van der Waals surface area (Å²) < 4.78 is 43.1. The minimum atomic E-state index is -0.641. The summed E-state index contributed by atoms with van der Waals surface area (Å²) >= 11 is 0. The number of benzene rings is 3. The molecule has 1 aliphatic heterocycles. The third-order valence-corrected chi connectivity index (χ3v) is 4.47. The SMILES string of the molecule is COc1ccc(/C=C2/N=C(c3cccc(F)c3)OC2=O)cc1OCc1cccc(F)c1. The molecule has 156 valence electrons. The van der Waals surface area contributed by atoms with Crippen LogP contribution < -0.4 is 9.47 Å². The molecule has 0 radical (unpaired) electrons. The maximum atomic E-state index is 13.4. The molecule has 0 saturated carbocycles. The van der Waals surface area contributed by atoms with Crippen LogP contribution in [0.1, 0.15) is 16.7 Å². The minimum absolute atomic E-state index is 0.0341. The first kappa shape index (κ1) is 20.3. The van der Waals surface area contributed by atoms with Crippen LogP contribution in [0.15, 0.2) is 77.4 Å². The fourth-order valence-electron chi connectivity index (χ4n) is 3.00. The molecule has 0 N–H and O–H groups in total. The summed E-state index contributed by atoms with van der Waals surface area (Å²) in [6.07, 6.45) is 1.53. The van der Waals surface area contributed by atoms with Crippen LogP contribution in [0.4, 0.5) is 8.78 Å². The van der Waals surface area contributed by atoms with E-state index in [1.807, 2.05) is 0 Å². The van der Waals surface area contributed by atoms with Crippen LogP contribution in [0.2, 0.25) is 0 Å². The molecule has 4 rings (SSSR count). The van der Waals surface area contributed by atoms with E-state index < -0.39 is 11.8 Å². The normalized spacial score (nSPS) is 14.4. The van der Waals surface area contributed by atoms with Crippen LogP contribution in [-0.4, -0.2) is 19.0 Å². The standard InChI is InChI=1S/C24H17F2NO4/c1-29-21-9-8-15(12-22(21)30-14-16-4-2-6-18(25)10-16)11-20-24(28)31-23(27-20)17-5-3-7-19(26)13-17/h2-13H,14H2,1H3/b20-11+. The van der Waals surface area contributed by atoms with Gasteiger partial charge in [-0.1, -0.05) is 24.3 Å². The summed E-state index contributed by atoms with van der Waals surface area (Å²) in [6.45, 7) is 0.137. The largest absolute Gasteiger partial charge is 0.493 e. The highest BCUT2D eigenvalue weighted by Gasteiger charge is 2.24. The van der Waals surface area contributed by atoms with Gasteiger partial charge >= 0.3 is 5.97 Å². The van der Waals surface area contributed by atoms with Crippen LogP contribution in [0.25, 0.3) is 6.08 Å². The Morgan fingerprint density at radius 3 is 2.48 bits per heavy atom. The monoisotopic (exact) mass is 421 g/mol. The molecule has 5 nitrogen and oxygen atoms in total. The molecule has 0 bridgehead atoms. The molecule has 7 heteroatoms. The highest BCUT2D eigenvalue weighted by Crippen LogP contribution is 2.30. The fraction of sp³-hybridized carbons (Fsp3) is 0.0833. The van der Waals surface area contributed by atoms with Gasteiger partial charge in [-0.3, -0.25) is 0 Å². The topological polar surface area (TPSA) is 57.1 Å². The number of hydrogen-bond acceptors (Lipinski definition) is 5. The Bertz CT molecular complexity index is 1200. The average molecular weight is 421 g/mol. The van der Waals surface area contributed by atoms with E-state index in [1.54, 1.807) is 36.4 Å². The second kappa shape index (κ2) is 8.79. The van der Waals surface area contributed by atoms with E-state index in [0.717, 1.165) is 0 Å². The number of cyclic esters (lactones) is 1. The van der Waals surface area contributed by atoms with Crippen LogP contribution in [0.5, 0.6) is 11.5 Å². The van der Waals surface area contributed by atoms with Gasteiger partial charge in [0.15, 0.2) is 17.2 Å². The minimum Gasteiger partial charge on any atom is -0.493 e. The first-order valence-electron chi connectivity index (χ1n) is 9.35. The van der Waals surface area contributed by atoms with Gasteiger partial charge in [0.05, 0.1) is 7.11 Å². The quantitative estimate of drug-likeness (QED) is 0.420. The number of carbonyl (C=O) groups excluding carboxylic acids is 1. The van der Waals surface area contributed by atoms with Gasteiger partial charge in [0.2, 0.25) is 5.90 Å². The van der Waals surface area contributed by atoms with Crippen molar-refractivity contribution >= 4 is 17.9 Å². The molecule has 0 atom stereocenters. The molecule has 0 unspecified atom stereocenters. The predicted octanol–water partition coefficient (Wildman–Crippen LogP) is 4.90. The Morgan fingerprint density at radius 2 is 1.74 bits per heavy atom. The molecule has 3 aromatic rings. The number of carbonyl (C=O) groups is 1. The summed E-state index contributed by atoms with van der Waals surface area (Å²) in [6, 6.07) is 16.8. The highest BCUT2D eigenvalue weighted by molar-refractivity contribution is 6.12. The Hall–Kier alpha value is -4.00. The molecule has 0 saturated heterocycles. The van der Waals surface area contributed by atoms with Gasteiger partial charge in [0.25, 0.3) is 0 Å². The number of ether oxygens (including phenoxy) is 3. The zero-order valence-electron chi connectivity index (χ0n) is 16.5. The average Bonchev–Trinajstić information content (AvgIpc) is 3.13. The lowest BCUT2D eigenvalue weighted by atomic mass is 10.1. The number of esters is 1.